The first-order valence-corrected chi connectivity index (χ1v) is 10.7. The lowest BCUT2D eigenvalue weighted by Gasteiger charge is -2.32. The zero-order chi connectivity index (χ0) is 20.2. The zero-order valence-electron chi connectivity index (χ0n) is 17.4. The lowest BCUT2D eigenvalue weighted by atomic mass is 9.96. The number of hydrogen-bond donors (Lipinski definition) is 1. The molecule has 1 aliphatic heterocycles. The number of amides is 1. The van der Waals surface area contributed by atoms with E-state index in [1.54, 1.807) is 0 Å². The number of rotatable bonds is 6. The molecule has 5 heteroatoms. The molecular weight excluding hydrogens is 360 g/mol. The molecule has 1 fully saturated rings. The Morgan fingerprint density at radius 2 is 1.83 bits per heavy atom. The Kier molecular flexibility index (Phi) is 5.84. The molecule has 0 bridgehead atoms. The molecule has 29 heavy (non-hydrogen) atoms. The first-order chi connectivity index (χ1) is 14.2. The third kappa shape index (κ3) is 4.14. The summed E-state index contributed by atoms with van der Waals surface area (Å²) in [6.45, 7) is 7.55. The maximum Gasteiger partial charge on any atom is 0.223 e. The minimum Gasteiger partial charge on any atom is -0.356 e. The van der Waals surface area contributed by atoms with Crippen LogP contribution in [0, 0.1) is 12.8 Å². The SMILES string of the molecule is CCCNC(=O)C1CCN(c2nc3ccccc3n2Cc2ccccc2C)CC1. The van der Waals surface area contributed by atoms with Gasteiger partial charge >= 0.3 is 0 Å². The van der Waals surface area contributed by atoms with Crippen LogP contribution in [-0.2, 0) is 11.3 Å². The molecular formula is C24H30N4O. The number of hydrogen-bond acceptors (Lipinski definition) is 3. The molecule has 5 nitrogen and oxygen atoms in total. The van der Waals surface area contributed by atoms with Crippen LogP contribution in [0.5, 0.6) is 0 Å². The molecule has 1 aliphatic rings. The number of anilines is 1. The van der Waals surface area contributed by atoms with E-state index < -0.39 is 0 Å². The van der Waals surface area contributed by atoms with Gasteiger partial charge in [-0.25, -0.2) is 4.98 Å². The number of benzene rings is 2. The Labute approximate surface area is 172 Å². The molecule has 1 N–H and O–H groups in total. The molecule has 0 saturated carbocycles. The monoisotopic (exact) mass is 390 g/mol. The van der Waals surface area contributed by atoms with Crippen molar-refractivity contribution in [3.8, 4) is 0 Å². The van der Waals surface area contributed by atoms with Crippen molar-refractivity contribution < 1.29 is 4.79 Å². The predicted molar refractivity (Wildman–Crippen MR) is 118 cm³/mol. The maximum atomic E-state index is 12.3. The van der Waals surface area contributed by atoms with E-state index in [4.69, 9.17) is 4.98 Å². The van der Waals surface area contributed by atoms with E-state index in [-0.39, 0.29) is 11.8 Å². The van der Waals surface area contributed by atoms with Gasteiger partial charge in [-0.15, -0.1) is 0 Å². The highest BCUT2D eigenvalue weighted by Gasteiger charge is 2.27. The highest BCUT2D eigenvalue weighted by Crippen LogP contribution is 2.28. The zero-order valence-corrected chi connectivity index (χ0v) is 17.4. The smallest absolute Gasteiger partial charge is 0.223 e. The van der Waals surface area contributed by atoms with Crippen LogP contribution in [0.4, 0.5) is 5.95 Å². The summed E-state index contributed by atoms with van der Waals surface area (Å²) in [5.41, 5.74) is 4.79. The highest BCUT2D eigenvalue weighted by atomic mass is 16.1. The lowest BCUT2D eigenvalue weighted by molar-refractivity contribution is -0.125. The van der Waals surface area contributed by atoms with Crippen LogP contribution in [0.25, 0.3) is 11.0 Å². The fourth-order valence-electron chi connectivity index (χ4n) is 4.15. The van der Waals surface area contributed by atoms with Gasteiger partial charge in [0.15, 0.2) is 0 Å². The Hall–Kier alpha value is -2.82. The van der Waals surface area contributed by atoms with Crippen molar-refractivity contribution in [3.63, 3.8) is 0 Å². The van der Waals surface area contributed by atoms with Gasteiger partial charge in [-0.2, -0.15) is 0 Å². The van der Waals surface area contributed by atoms with Gasteiger partial charge in [0.05, 0.1) is 17.6 Å². The molecule has 4 rings (SSSR count). The Bertz CT molecular complexity index is 985. The average Bonchev–Trinajstić information content (AvgIpc) is 3.12. The number of carbonyl (C=O) groups is 1. The van der Waals surface area contributed by atoms with E-state index in [0.29, 0.717) is 0 Å². The Balaban J connectivity index is 1.58. The Morgan fingerprint density at radius 1 is 1.10 bits per heavy atom. The van der Waals surface area contributed by atoms with Gasteiger partial charge in [-0.3, -0.25) is 4.79 Å². The maximum absolute atomic E-state index is 12.3. The Morgan fingerprint density at radius 3 is 2.59 bits per heavy atom. The van der Waals surface area contributed by atoms with E-state index in [2.05, 4.69) is 71.1 Å². The van der Waals surface area contributed by atoms with Crippen LogP contribution in [0.1, 0.15) is 37.3 Å². The summed E-state index contributed by atoms with van der Waals surface area (Å²) >= 11 is 0. The number of carbonyl (C=O) groups excluding carboxylic acids is 1. The standard InChI is InChI=1S/C24H30N4O/c1-3-14-25-23(29)19-12-15-27(16-13-19)24-26-21-10-6-7-11-22(21)28(24)17-20-9-5-4-8-18(20)2/h4-11,19H,3,12-17H2,1-2H3,(H,25,29). The van der Waals surface area contributed by atoms with E-state index in [0.717, 1.165) is 62.4 Å². The predicted octanol–water partition coefficient (Wildman–Crippen LogP) is 4.14. The van der Waals surface area contributed by atoms with Crippen molar-refractivity contribution in [2.45, 2.75) is 39.7 Å². The minimum absolute atomic E-state index is 0.118. The van der Waals surface area contributed by atoms with Crippen LogP contribution >= 0.6 is 0 Å². The molecule has 1 amide bonds. The fraction of sp³-hybridized carbons (Fsp3) is 0.417. The second-order valence-electron chi connectivity index (χ2n) is 7.97. The number of aryl methyl sites for hydroxylation is 1. The number of piperidine rings is 1. The minimum atomic E-state index is 0.118. The van der Waals surface area contributed by atoms with Crippen LogP contribution < -0.4 is 10.2 Å². The first kappa shape index (κ1) is 19.5. The molecule has 0 atom stereocenters. The van der Waals surface area contributed by atoms with Gasteiger partial charge in [0.2, 0.25) is 11.9 Å². The van der Waals surface area contributed by atoms with Crippen LogP contribution in [0.3, 0.4) is 0 Å². The second kappa shape index (κ2) is 8.68. The van der Waals surface area contributed by atoms with Crippen molar-refractivity contribution in [2.75, 3.05) is 24.5 Å². The van der Waals surface area contributed by atoms with E-state index in [9.17, 15) is 4.79 Å². The van der Waals surface area contributed by atoms with Gasteiger partial charge in [0, 0.05) is 25.6 Å². The van der Waals surface area contributed by atoms with Crippen molar-refractivity contribution in [3.05, 3.63) is 59.7 Å². The fourth-order valence-corrected chi connectivity index (χ4v) is 4.15. The number of nitrogens with zero attached hydrogens (tertiary/aromatic N) is 3. The average molecular weight is 391 g/mol. The largest absolute Gasteiger partial charge is 0.356 e. The van der Waals surface area contributed by atoms with Crippen LogP contribution in [0.2, 0.25) is 0 Å². The van der Waals surface area contributed by atoms with Crippen molar-refractivity contribution in [2.24, 2.45) is 5.92 Å². The number of aromatic nitrogens is 2. The highest BCUT2D eigenvalue weighted by molar-refractivity contribution is 5.80. The summed E-state index contributed by atoms with van der Waals surface area (Å²) < 4.78 is 2.33. The van der Waals surface area contributed by atoms with Gasteiger partial charge in [0.1, 0.15) is 0 Å². The first-order valence-electron chi connectivity index (χ1n) is 10.7. The molecule has 0 aliphatic carbocycles. The number of nitrogens with one attached hydrogen (secondary N) is 1. The number of fused-ring (bicyclic) bond motifs is 1. The summed E-state index contributed by atoms with van der Waals surface area (Å²) in [6.07, 6.45) is 2.74. The summed E-state index contributed by atoms with van der Waals surface area (Å²) in [6, 6.07) is 16.9. The van der Waals surface area contributed by atoms with Gasteiger partial charge in [-0.05, 0) is 49.4 Å². The molecule has 1 aromatic heterocycles. The summed E-state index contributed by atoms with van der Waals surface area (Å²) in [4.78, 5) is 19.7. The van der Waals surface area contributed by atoms with Gasteiger partial charge in [-0.1, -0.05) is 43.3 Å². The lowest BCUT2D eigenvalue weighted by Crippen LogP contribution is -2.41. The van der Waals surface area contributed by atoms with Gasteiger partial charge < -0.3 is 14.8 Å². The van der Waals surface area contributed by atoms with Crippen molar-refractivity contribution >= 4 is 22.9 Å². The molecule has 1 saturated heterocycles. The van der Waals surface area contributed by atoms with E-state index >= 15 is 0 Å². The summed E-state index contributed by atoms with van der Waals surface area (Å²) in [5, 5.41) is 3.05. The molecule has 0 radical (unpaired) electrons. The summed E-state index contributed by atoms with van der Waals surface area (Å²) in [7, 11) is 0. The topological polar surface area (TPSA) is 50.2 Å². The quantitative estimate of drug-likeness (QED) is 0.688. The molecule has 2 aromatic carbocycles. The number of para-hydroxylation sites is 2. The number of imidazole rings is 1. The molecule has 0 spiro atoms. The van der Waals surface area contributed by atoms with Crippen molar-refractivity contribution in [1.29, 1.82) is 0 Å². The summed E-state index contributed by atoms with van der Waals surface area (Å²) in [5.74, 6) is 1.34. The van der Waals surface area contributed by atoms with Crippen LogP contribution in [0.15, 0.2) is 48.5 Å². The van der Waals surface area contributed by atoms with E-state index in [1.807, 2.05) is 6.07 Å². The third-order valence-corrected chi connectivity index (χ3v) is 5.92. The van der Waals surface area contributed by atoms with E-state index in [1.165, 1.54) is 11.1 Å². The molecule has 3 aromatic rings. The van der Waals surface area contributed by atoms with Crippen LogP contribution in [-0.4, -0.2) is 35.1 Å². The normalized spacial score (nSPS) is 15.0. The second-order valence-corrected chi connectivity index (χ2v) is 7.97. The third-order valence-electron chi connectivity index (χ3n) is 5.92. The van der Waals surface area contributed by atoms with Crippen molar-refractivity contribution in [1.82, 2.24) is 14.9 Å². The molecule has 2 heterocycles. The molecule has 152 valence electrons. The molecule has 0 unspecified atom stereocenters. The van der Waals surface area contributed by atoms with Gasteiger partial charge in [0.25, 0.3) is 0 Å².